The van der Waals surface area contributed by atoms with Gasteiger partial charge in [0.25, 0.3) is 0 Å². The van der Waals surface area contributed by atoms with Crippen LogP contribution in [0.4, 0.5) is 15.8 Å². The molecule has 27 heavy (non-hydrogen) atoms. The Morgan fingerprint density at radius 2 is 2.07 bits per heavy atom. The second-order valence-corrected chi connectivity index (χ2v) is 7.30. The number of para-hydroxylation sites is 1. The van der Waals surface area contributed by atoms with Gasteiger partial charge in [-0.25, -0.2) is 4.39 Å². The number of anilines is 2. The zero-order valence-electron chi connectivity index (χ0n) is 15.3. The van der Waals surface area contributed by atoms with Crippen LogP contribution >= 0.6 is 11.6 Å². The molecule has 2 aromatic rings. The fraction of sp³-hybridized carbons (Fsp3) is 0.333. The number of amides is 2. The van der Waals surface area contributed by atoms with E-state index in [1.165, 1.54) is 23.1 Å². The monoisotopic (exact) mass is 388 g/mol. The van der Waals surface area contributed by atoms with E-state index in [-0.39, 0.29) is 29.8 Å². The van der Waals surface area contributed by atoms with Gasteiger partial charge in [-0.3, -0.25) is 9.59 Å². The van der Waals surface area contributed by atoms with E-state index in [2.05, 4.69) is 19.2 Å². The number of benzene rings is 2. The van der Waals surface area contributed by atoms with Crippen LogP contribution in [0.5, 0.6) is 0 Å². The third-order valence-electron chi connectivity index (χ3n) is 5.07. The predicted octanol–water partition coefficient (Wildman–Crippen LogP) is 4.98. The molecule has 3 rings (SSSR count). The van der Waals surface area contributed by atoms with Crippen molar-refractivity contribution in [2.24, 2.45) is 5.92 Å². The minimum absolute atomic E-state index is 0.0457. The Kier molecular flexibility index (Phi) is 5.80. The van der Waals surface area contributed by atoms with Gasteiger partial charge in [-0.15, -0.1) is 0 Å². The summed E-state index contributed by atoms with van der Waals surface area (Å²) in [6.07, 6.45) is 1.08. The molecule has 0 spiro atoms. The van der Waals surface area contributed by atoms with Crippen LogP contribution in [0.2, 0.25) is 5.02 Å². The van der Waals surface area contributed by atoms with Crippen molar-refractivity contribution in [3.8, 4) is 0 Å². The minimum atomic E-state index is -0.539. The van der Waals surface area contributed by atoms with E-state index in [1.807, 2.05) is 24.3 Å². The van der Waals surface area contributed by atoms with E-state index in [9.17, 15) is 14.0 Å². The maximum atomic E-state index is 13.4. The molecule has 1 fully saturated rings. The summed E-state index contributed by atoms with van der Waals surface area (Å²) in [6.45, 7) is 4.47. The van der Waals surface area contributed by atoms with Gasteiger partial charge in [0.2, 0.25) is 11.8 Å². The Morgan fingerprint density at radius 1 is 1.33 bits per heavy atom. The molecule has 142 valence electrons. The van der Waals surface area contributed by atoms with Crippen molar-refractivity contribution in [3.63, 3.8) is 0 Å². The standard InChI is InChI=1S/C21H22ClFN2O2/c1-3-13(2)16-6-4-5-7-19(16)24-21(27)14-10-20(26)25(12-14)15-8-9-18(23)17(22)11-15/h4-9,11,13-14H,3,10,12H2,1-2H3,(H,24,27). The molecule has 0 saturated carbocycles. The van der Waals surface area contributed by atoms with Crippen LogP contribution in [-0.2, 0) is 9.59 Å². The van der Waals surface area contributed by atoms with Crippen molar-refractivity contribution in [1.29, 1.82) is 0 Å². The molecular weight excluding hydrogens is 367 g/mol. The summed E-state index contributed by atoms with van der Waals surface area (Å²) >= 11 is 5.81. The van der Waals surface area contributed by atoms with Crippen molar-refractivity contribution >= 4 is 34.8 Å². The summed E-state index contributed by atoms with van der Waals surface area (Å²) < 4.78 is 13.4. The van der Waals surface area contributed by atoms with Gasteiger partial charge in [0.15, 0.2) is 0 Å². The second-order valence-electron chi connectivity index (χ2n) is 6.89. The SMILES string of the molecule is CCC(C)c1ccccc1NC(=O)C1CC(=O)N(c2ccc(F)c(Cl)c2)C1. The molecule has 1 aliphatic rings. The van der Waals surface area contributed by atoms with Crippen molar-refractivity contribution in [2.75, 3.05) is 16.8 Å². The normalized spacial score (nSPS) is 17.9. The average molecular weight is 389 g/mol. The average Bonchev–Trinajstić information content (AvgIpc) is 3.05. The van der Waals surface area contributed by atoms with Gasteiger partial charge in [-0.1, -0.05) is 43.6 Å². The third kappa shape index (κ3) is 4.14. The van der Waals surface area contributed by atoms with Crippen LogP contribution in [0.25, 0.3) is 0 Å². The van der Waals surface area contributed by atoms with Crippen LogP contribution < -0.4 is 10.2 Å². The van der Waals surface area contributed by atoms with E-state index in [0.29, 0.717) is 11.6 Å². The first kappa shape index (κ1) is 19.4. The van der Waals surface area contributed by atoms with Gasteiger partial charge in [0.1, 0.15) is 5.82 Å². The van der Waals surface area contributed by atoms with E-state index < -0.39 is 11.7 Å². The molecule has 2 unspecified atom stereocenters. The van der Waals surface area contributed by atoms with Gasteiger partial charge in [0.05, 0.1) is 10.9 Å². The van der Waals surface area contributed by atoms with Gasteiger partial charge in [0, 0.05) is 24.3 Å². The van der Waals surface area contributed by atoms with Gasteiger partial charge >= 0.3 is 0 Å². The molecule has 0 aliphatic carbocycles. The maximum absolute atomic E-state index is 13.4. The summed E-state index contributed by atoms with van der Waals surface area (Å²) in [7, 11) is 0. The van der Waals surface area contributed by atoms with E-state index >= 15 is 0 Å². The fourth-order valence-electron chi connectivity index (χ4n) is 3.28. The van der Waals surface area contributed by atoms with E-state index in [1.54, 1.807) is 0 Å². The van der Waals surface area contributed by atoms with Crippen LogP contribution in [0.15, 0.2) is 42.5 Å². The summed E-state index contributed by atoms with van der Waals surface area (Å²) in [4.78, 5) is 26.6. The maximum Gasteiger partial charge on any atom is 0.229 e. The first-order chi connectivity index (χ1) is 12.9. The fourth-order valence-corrected chi connectivity index (χ4v) is 3.46. The first-order valence-corrected chi connectivity index (χ1v) is 9.43. The van der Waals surface area contributed by atoms with Gasteiger partial charge in [-0.2, -0.15) is 0 Å². The number of nitrogens with zero attached hydrogens (tertiary/aromatic N) is 1. The van der Waals surface area contributed by atoms with Crippen LogP contribution in [0.1, 0.15) is 38.2 Å². The molecule has 2 amide bonds. The van der Waals surface area contributed by atoms with Crippen molar-refractivity contribution in [1.82, 2.24) is 0 Å². The highest BCUT2D eigenvalue weighted by Crippen LogP contribution is 2.31. The Labute approximate surface area is 163 Å². The molecule has 0 bridgehead atoms. The zero-order chi connectivity index (χ0) is 19.6. The highest BCUT2D eigenvalue weighted by molar-refractivity contribution is 6.31. The molecular formula is C21H22ClFN2O2. The van der Waals surface area contributed by atoms with Crippen LogP contribution in [0, 0.1) is 11.7 Å². The van der Waals surface area contributed by atoms with Crippen LogP contribution in [-0.4, -0.2) is 18.4 Å². The molecule has 0 radical (unpaired) electrons. The lowest BCUT2D eigenvalue weighted by molar-refractivity contribution is -0.122. The molecule has 4 nitrogen and oxygen atoms in total. The number of rotatable bonds is 5. The second kappa shape index (κ2) is 8.09. The number of carbonyl (C=O) groups excluding carboxylic acids is 2. The summed E-state index contributed by atoms with van der Waals surface area (Å²) in [5.74, 6) is -1.04. The van der Waals surface area contributed by atoms with Crippen molar-refractivity contribution in [3.05, 3.63) is 58.9 Å². The summed E-state index contributed by atoms with van der Waals surface area (Å²) in [6, 6.07) is 11.9. The lowest BCUT2D eigenvalue weighted by Crippen LogP contribution is -2.28. The largest absolute Gasteiger partial charge is 0.326 e. The first-order valence-electron chi connectivity index (χ1n) is 9.06. The summed E-state index contributed by atoms with van der Waals surface area (Å²) in [5, 5.41) is 2.93. The zero-order valence-corrected chi connectivity index (χ0v) is 16.1. The Morgan fingerprint density at radius 3 is 2.78 bits per heavy atom. The number of hydrogen-bond acceptors (Lipinski definition) is 2. The Bertz CT molecular complexity index is 871. The molecule has 1 aliphatic heterocycles. The molecule has 2 atom stereocenters. The van der Waals surface area contributed by atoms with Gasteiger partial charge < -0.3 is 10.2 Å². The highest BCUT2D eigenvalue weighted by atomic mass is 35.5. The van der Waals surface area contributed by atoms with E-state index in [4.69, 9.17) is 11.6 Å². The number of carbonyl (C=O) groups is 2. The Hall–Kier alpha value is -2.40. The molecule has 1 saturated heterocycles. The highest BCUT2D eigenvalue weighted by Gasteiger charge is 2.35. The van der Waals surface area contributed by atoms with Gasteiger partial charge in [-0.05, 0) is 42.2 Å². The van der Waals surface area contributed by atoms with Crippen molar-refractivity contribution < 1.29 is 14.0 Å². The predicted molar refractivity (Wildman–Crippen MR) is 106 cm³/mol. The molecule has 1 N–H and O–H groups in total. The molecule has 6 heteroatoms. The quantitative estimate of drug-likeness (QED) is 0.784. The number of halogens is 2. The molecule has 1 heterocycles. The van der Waals surface area contributed by atoms with Crippen molar-refractivity contribution in [2.45, 2.75) is 32.6 Å². The minimum Gasteiger partial charge on any atom is -0.326 e. The van der Waals surface area contributed by atoms with E-state index in [0.717, 1.165) is 17.7 Å². The molecule has 2 aromatic carbocycles. The topological polar surface area (TPSA) is 49.4 Å². The summed E-state index contributed by atoms with van der Waals surface area (Å²) in [5.41, 5.74) is 2.37. The lowest BCUT2D eigenvalue weighted by atomic mass is 9.96. The smallest absolute Gasteiger partial charge is 0.229 e. The van der Waals surface area contributed by atoms with Crippen LogP contribution in [0.3, 0.4) is 0 Å². The lowest BCUT2D eigenvalue weighted by Gasteiger charge is -2.19. The Balaban J connectivity index is 1.74. The molecule has 0 aromatic heterocycles. The number of nitrogens with one attached hydrogen (secondary N) is 1. The number of hydrogen-bond donors (Lipinski definition) is 1. The third-order valence-corrected chi connectivity index (χ3v) is 5.36.